The van der Waals surface area contributed by atoms with Crippen LogP contribution < -0.4 is 5.32 Å². The van der Waals surface area contributed by atoms with Gasteiger partial charge >= 0.3 is 0 Å². The van der Waals surface area contributed by atoms with Gasteiger partial charge in [0.05, 0.1) is 24.3 Å². The molecule has 0 saturated carbocycles. The minimum absolute atomic E-state index is 0.169. The number of benzene rings is 2. The molecule has 1 N–H and O–H groups in total. The molecule has 1 amide bonds. The lowest BCUT2D eigenvalue weighted by Crippen LogP contribution is -2.42. The van der Waals surface area contributed by atoms with E-state index in [2.05, 4.69) is 10.2 Å². The van der Waals surface area contributed by atoms with Gasteiger partial charge in [-0.2, -0.15) is 0 Å². The number of ether oxygens (including phenoxy) is 1. The molecule has 3 rings (SSSR count). The minimum atomic E-state index is -0.459. The molecular formula is C21H22ClFN2O2. The van der Waals surface area contributed by atoms with E-state index >= 15 is 0 Å². The zero-order valence-electron chi connectivity index (χ0n) is 14.9. The number of morpholine rings is 1. The minimum Gasteiger partial charge on any atom is -0.379 e. The van der Waals surface area contributed by atoms with E-state index in [1.165, 1.54) is 24.3 Å². The molecule has 0 aliphatic carbocycles. The Labute approximate surface area is 163 Å². The number of carbonyl (C=O) groups excluding carboxylic acids is 1. The van der Waals surface area contributed by atoms with Crippen molar-refractivity contribution < 1.29 is 13.9 Å². The highest BCUT2D eigenvalue weighted by molar-refractivity contribution is 6.32. The highest BCUT2D eigenvalue weighted by atomic mass is 35.5. The Bertz CT molecular complexity index is 772. The maximum absolute atomic E-state index is 13.9. The molecule has 142 valence electrons. The van der Waals surface area contributed by atoms with Gasteiger partial charge in [-0.1, -0.05) is 48.0 Å². The van der Waals surface area contributed by atoms with Crippen LogP contribution in [0.25, 0.3) is 6.08 Å². The number of halogens is 2. The van der Waals surface area contributed by atoms with Gasteiger partial charge in [0.15, 0.2) is 0 Å². The summed E-state index contributed by atoms with van der Waals surface area (Å²) in [4.78, 5) is 14.7. The molecule has 1 fully saturated rings. The topological polar surface area (TPSA) is 41.6 Å². The predicted octanol–water partition coefficient (Wildman–Crippen LogP) is 3.68. The summed E-state index contributed by atoms with van der Waals surface area (Å²) in [5.41, 5.74) is 1.23. The van der Waals surface area contributed by atoms with Crippen LogP contribution in [0.4, 0.5) is 4.39 Å². The molecule has 1 aliphatic rings. The van der Waals surface area contributed by atoms with E-state index in [0.717, 1.165) is 18.7 Å². The average Bonchev–Trinajstić information content (AvgIpc) is 2.68. The van der Waals surface area contributed by atoms with E-state index in [0.29, 0.717) is 19.8 Å². The van der Waals surface area contributed by atoms with Crippen molar-refractivity contribution in [3.05, 3.63) is 76.6 Å². The number of amides is 1. The van der Waals surface area contributed by atoms with Crippen LogP contribution in [0.15, 0.2) is 54.6 Å². The number of hydrogen-bond donors (Lipinski definition) is 1. The first-order chi connectivity index (χ1) is 13.1. The third kappa shape index (κ3) is 5.63. The molecular weight excluding hydrogens is 367 g/mol. The summed E-state index contributed by atoms with van der Waals surface area (Å²) in [6, 6.07) is 14.1. The SMILES string of the molecule is O=C(/C=C/c1c(F)cccc1Cl)NC(CN1CCOCC1)c1ccccc1. The smallest absolute Gasteiger partial charge is 0.244 e. The molecule has 0 aromatic heterocycles. The van der Waals surface area contributed by atoms with E-state index in [1.807, 2.05) is 30.3 Å². The third-order valence-corrected chi connectivity index (χ3v) is 4.79. The van der Waals surface area contributed by atoms with Crippen LogP contribution in [-0.2, 0) is 9.53 Å². The lowest BCUT2D eigenvalue weighted by atomic mass is 10.1. The Morgan fingerprint density at radius 1 is 1.19 bits per heavy atom. The van der Waals surface area contributed by atoms with E-state index in [4.69, 9.17) is 16.3 Å². The van der Waals surface area contributed by atoms with Crippen molar-refractivity contribution in [3.63, 3.8) is 0 Å². The van der Waals surface area contributed by atoms with Gasteiger partial charge in [-0.3, -0.25) is 9.69 Å². The van der Waals surface area contributed by atoms with Gasteiger partial charge in [0.1, 0.15) is 5.82 Å². The standard InChI is InChI=1S/C21H22ClFN2O2/c22-18-7-4-8-19(23)17(18)9-10-21(26)24-20(16-5-2-1-3-6-16)15-25-11-13-27-14-12-25/h1-10,20H,11-15H2,(H,24,26)/b10-9+. The van der Waals surface area contributed by atoms with Crippen molar-refractivity contribution in [2.45, 2.75) is 6.04 Å². The molecule has 1 aliphatic heterocycles. The molecule has 1 saturated heterocycles. The van der Waals surface area contributed by atoms with Gasteiger partial charge in [-0.15, -0.1) is 0 Å². The van der Waals surface area contributed by atoms with Crippen LogP contribution in [0.3, 0.4) is 0 Å². The van der Waals surface area contributed by atoms with Crippen LogP contribution >= 0.6 is 11.6 Å². The Hall–Kier alpha value is -2.21. The fourth-order valence-electron chi connectivity index (χ4n) is 3.01. The third-order valence-electron chi connectivity index (χ3n) is 4.46. The average molecular weight is 389 g/mol. The predicted molar refractivity (Wildman–Crippen MR) is 105 cm³/mol. The molecule has 2 aromatic carbocycles. The zero-order chi connectivity index (χ0) is 19.1. The molecule has 1 atom stereocenters. The van der Waals surface area contributed by atoms with Gasteiger partial charge in [0.2, 0.25) is 5.91 Å². The highest BCUT2D eigenvalue weighted by Gasteiger charge is 2.19. The summed E-state index contributed by atoms with van der Waals surface area (Å²) in [6.07, 6.45) is 2.73. The second kappa shape index (κ2) is 9.65. The van der Waals surface area contributed by atoms with Crippen LogP contribution in [0, 0.1) is 5.82 Å². The van der Waals surface area contributed by atoms with Crippen molar-refractivity contribution in [2.24, 2.45) is 0 Å². The van der Waals surface area contributed by atoms with Crippen molar-refractivity contribution in [1.82, 2.24) is 10.2 Å². The number of nitrogens with one attached hydrogen (secondary N) is 1. The van der Waals surface area contributed by atoms with Gasteiger partial charge in [0, 0.05) is 31.3 Å². The maximum atomic E-state index is 13.9. The second-order valence-corrected chi connectivity index (χ2v) is 6.76. The summed E-state index contributed by atoms with van der Waals surface area (Å²) in [7, 11) is 0. The molecule has 4 nitrogen and oxygen atoms in total. The molecule has 0 radical (unpaired) electrons. The number of rotatable bonds is 6. The lowest BCUT2D eigenvalue weighted by Gasteiger charge is -2.31. The molecule has 1 heterocycles. The van der Waals surface area contributed by atoms with Crippen LogP contribution in [0.1, 0.15) is 17.2 Å². The highest BCUT2D eigenvalue weighted by Crippen LogP contribution is 2.20. The molecule has 1 unspecified atom stereocenters. The van der Waals surface area contributed by atoms with E-state index in [1.54, 1.807) is 6.07 Å². The number of nitrogens with zero attached hydrogens (tertiary/aromatic N) is 1. The Kier molecular flexibility index (Phi) is 6.98. The molecule has 6 heteroatoms. The van der Waals surface area contributed by atoms with Crippen LogP contribution in [0.2, 0.25) is 5.02 Å². The van der Waals surface area contributed by atoms with E-state index in [-0.39, 0.29) is 22.5 Å². The normalized spacial score (nSPS) is 16.4. The summed E-state index contributed by atoms with van der Waals surface area (Å²) in [5.74, 6) is -0.754. The fourth-order valence-corrected chi connectivity index (χ4v) is 3.24. The zero-order valence-corrected chi connectivity index (χ0v) is 15.7. The summed E-state index contributed by atoms with van der Waals surface area (Å²) in [6.45, 7) is 3.75. The number of carbonyl (C=O) groups is 1. The Morgan fingerprint density at radius 3 is 2.63 bits per heavy atom. The first-order valence-electron chi connectivity index (χ1n) is 8.91. The van der Waals surface area contributed by atoms with Crippen molar-refractivity contribution in [3.8, 4) is 0 Å². The summed E-state index contributed by atoms with van der Waals surface area (Å²) >= 11 is 6.00. The van der Waals surface area contributed by atoms with Gasteiger partial charge < -0.3 is 10.1 Å². The largest absolute Gasteiger partial charge is 0.379 e. The summed E-state index contributed by atoms with van der Waals surface area (Å²) < 4.78 is 19.2. The fraction of sp³-hybridized carbons (Fsp3) is 0.286. The van der Waals surface area contributed by atoms with Crippen LogP contribution in [0.5, 0.6) is 0 Å². The van der Waals surface area contributed by atoms with Gasteiger partial charge in [-0.25, -0.2) is 4.39 Å². The first-order valence-corrected chi connectivity index (χ1v) is 9.29. The van der Waals surface area contributed by atoms with Crippen molar-refractivity contribution >= 4 is 23.6 Å². The van der Waals surface area contributed by atoms with Crippen molar-refractivity contribution in [1.29, 1.82) is 0 Å². The van der Waals surface area contributed by atoms with Gasteiger partial charge in [-0.05, 0) is 23.8 Å². The molecule has 2 aromatic rings. The second-order valence-electron chi connectivity index (χ2n) is 6.35. The lowest BCUT2D eigenvalue weighted by molar-refractivity contribution is -0.117. The van der Waals surface area contributed by atoms with E-state index < -0.39 is 5.82 Å². The van der Waals surface area contributed by atoms with E-state index in [9.17, 15) is 9.18 Å². The summed E-state index contributed by atoms with van der Waals surface area (Å²) in [5, 5.41) is 3.29. The van der Waals surface area contributed by atoms with Crippen LogP contribution in [-0.4, -0.2) is 43.7 Å². The van der Waals surface area contributed by atoms with Gasteiger partial charge in [0.25, 0.3) is 0 Å². The maximum Gasteiger partial charge on any atom is 0.244 e. The Balaban J connectivity index is 1.71. The monoisotopic (exact) mass is 388 g/mol. The molecule has 27 heavy (non-hydrogen) atoms. The first kappa shape index (κ1) is 19.5. The quantitative estimate of drug-likeness (QED) is 0.767. The Morgan fingerprint density at radius 2 is 1.93 bits per heavy atom. The molecule has 0 spiro atoms. The van der Waals surface area contributed by atoms with Crippen molar-refractivity contribution in [2.75, 3.05) is 32.8 Å². The number of hydrogen-bond acceptors (Lipinski definition) is 3. The molecule has 0 bridgehead atoms.